The summed E-state index contributed by atoms with van der Waals surface area (Å²) in [5.74, 6) is -1.25. The van der Waals surface area contributed by atoms with Gasteiger partial charge < -0.3 is 24.9 Å². The zero-order valence-corrected chi connectivity index (χ0v) is 18.5. The molecule has 2 N–H and O–H groups in total. The maximum Gasteiger partial charge on any atom is 0.411 e. The summed E-state index contributed by atoms with van der Waals surface area (Å²) in [5.41, 5.74) is 0.121. The molecule has 2 rings (SSSR count). The molecule has 1 aromatic carbocycles. The lowest BCUT2D eigenvalue weighted by Crippen LogP contribution is -2.56. The lowest BCUT2D eigenvalue weighted by molar-refractivity contribution is -0.146. The summed E-state index contributed by atoms with van der Waals surface area (Å²) in [6, 6.07) is 8.18. The normalized spacial score (nSPS) is 16.7. The van der Waals surface area contributed by atoms with E-state index in [2.05, 4.69) is 5.32 Å². The molecule has 0 fully saturated rings. The number of nitrogens with one attached hydrogen (secondary N) is 2. The van der Waals surface area contributed by atoms with Crippen molar-refractivity contribution in [3.8, 4) is 0 Å². The van der Waals surface area contributed by atoms with Gasteiger partial charge in [0.15, 0.2) is 11.8 Å². The van der Waals surface area contributed by atoms with Crippen molar-refractivity contribution in [1.82, 2.24) is 10.2 Å². The van der Waals surface area contributed by atoms with Gasteiger partial charge in [-0.2, -0.15) is 0 Å². The second kappa shape index (κ2) is 10.2. The molecule has 9 heteroatoms. The molecule has 1 aromatic rings. The Balaban J connectivity index is 2.29. The van der Waals surface area contributed by atoms with Crippen LogP contribution >= 0.6 is 0 Å². The molecule has 1 aliphatic rings. The Labute approximate surface area is 181 Å². The van der Waals surface area contributed by atoms with Gasteiger partial charge in [0.25, 0.3) is 0 Å². The van der Waals surface area contributed by atoms with Gasteiger partial charge in [-0.05, 0) is 26.3 Å². The number of rotatable bonds is 7. The zero-order valence-electron chi connectivity index (χ0n) is 18.5. The highest BCUT2D eigenvalue weighted by atomic mass is 16.6. The highest BCUT2D eigenvalue weighted by Crippen LogP contribution is 2.24. The second-order valence-corrected chi connectivity index (χ2v) is 7.95. The van der Waals surface area contributed by atoms with Gasteiger partial charge >= 0.3 is 12.1 Å². The minimum absolute atomic E-state index is 0.00534. The van der Waals surface area contributed by atoms with Crippen LogP contribution in [0.3, 0.4) is 0 Å². The summed E-state index contributed by atoms with van der Waals surface area (Å²) in [4.78, 5) is 39.1. The average molecular weight is 431 g/mol. The van der Waals surface area contributed by atoms with Gasteiger partial charge in [-0.1, -0.05) is 30.3 Å². The smallest absolute Gasteiger partial charge is 0.411 e. The fraction of sp³-hybridized carbons (Fsp3) is 0.455. The standard InChI is InChI=1S/C22H29N3O6/c1-22(2,3)31-21(28)25-11-16(26)17(18(24-4)19(25)20(27)29-5)15(23)13-30-12-14-9-7-6-8-10-14/h6-10,19,23-24H,11-13H2,1-5H3. The van der Waals surface area contributed by atoms with E-state index in [0.717, 1.165) is 10.5 Å². The molecule has 0 radical (unpaired) electrons. The van der Waals surface area contributed by atoms with Gasteiger partial charge in [0.05, 0.1) is 43.9 Å². The predicted molar refractivity (Wildman–Crippen MR) is 114 cm³/mol. The second-order valence-electron chi connectivity index (χ2n) is 7.95. The molecule has 0 aromatic heterocycles. The Kier molecular flexibility index (Phi) is 7.93. The third kappa shape index (κ3) is 6.14. The first-order valence-corrected chi connectivity index (χ1v) is 9.81. The zero-order chi connectivity index (χ0) is 23.2. The molecule has 1 unspecified atom stereocenters. The summed E-state index contributed by atoms with van der Waals surface area (Å²) in [6.07, 6.45) is -0.824. The molecule has 1 atom stereocenters. The number of carbonyl (C=O) groups excluding carboxylic acids is 3. The van der Waals surface area contributed by atoms with E-state index in [4.69, 9.17) is 19.6 Å². The van der Waals surface area contributed by atoms with Gasteiger partial charge in [0.1, 0.15) is 5.60 Å². The van der Waals surface area contributed by atoms with Crippen molar-refractivity contribution < 1.29 is 28.6 Å². The minimum Gasteiger partial charge on any atom is -0.467 e. The maximum absolute atomic E-state index is 12.9. The van der Waals surface area contributed by atoms with Crippen molar-refractivity contribution in [3.63, 3.8) is 0 Å². The van der Waals surface area contributed by atoms with Gasteiger partial charge in [0.2, 0.25) is 0 Å². The van der Waals surface area contributed by atoms with E-state index in [1.54, 1.807) is 20.8 Å². The average Bonchev–Trinajstić information content (AvgIpc) is 2.71. The molecule has 0 aliphatic carbocycles. The number of benzene rings is 1. The summed E-state index contributed by atoms with van der Waals surface area (Å²) in [5, 5.41) is 11.2. The SMILES string of the molecule is CNC1=C(C(=N)COCc2ccccc2)C(=O)CN(C(=O)OC(C)(C)C)C1C(=O)OC. The molecular formula is C22H29N3O6. The Morgan fingerprint density at radius 2 is 1.87 bits per heavy atom. The highest BCUT2D eigenvalue weighted by Gasteiger charge is 2.44. The summed E-state index contributed by atoms with van der Waals surface area (Å²) in [6.45, 7) is 4.76. The molecule has 0 saturated carbocycles. The molecule has 9 nitrogen and oxygen atoms in total. The largest absolute Gasteiger partial charge is 0.467 e. The summed E-state index contributed by atoms with van der Waals surface area (Å²) >= 11 is 0. The van der Waals surface area contributed by atoms with Crippen LogP contribution < -0.4 is 5.32 Å². The number of ketones is 1. The number of Topliss-reactive ketones (excluding diaryl/α,β-unsaturated/α-hetero) is 1. The third-order valence-corrected chi connectivity index (χ3v) is 4.43. The number of carbonyl (C=O) groups is 3. The van der Waals surface area contributed by atoms with Crippen LogP contribution in [0.15, 0.2) is 41.6 Å². The molecule has 31 heavy (non-hydrogen) atoms. The van der Waals surface area contributed by atoms with Crippen molar-refractivity contribution in [2.75, 3.05) is 27.3 Å². The van der Waals surface area contributed by atoms with Crippen LogP contribution in [0.5, 0.6) is 0 Å². The molecule has 1 aliphatic heterocycles. The molecule has 0 bridgehead atoms. The molecular weight excluding hydrogens is 402 g/mol. The van der Waals surface area contributed by atoms with Gasteiger partial charge in [-0.15, -0.1) is 0 Å². The Morgan fingerprint density at radius 1 is 1.23 bits per heavy atom. The van der Waals surface area contributed by atoms with Crippen molar-refractivity contribution in [1.29, 1.82) is 5.41 Å². The van der Waals surface area contributed by atoms with Crippen LogP contribution in [0.25, 0.3) is 0 Å². The number of esters is 1. The molecule has 0 spiro atoms. The number of nitrogens with zero attached hydrogens (tertiary/aromatic N) is 1. The first-order valence-electron chi connectivity index (χ1n) is 9.81. The van der Waals surface area contributed by atoms with Crippen LogP contribution in [0, 0.1) is 5.41 Å². The van der Waals surface area contributed by atoms with Gasteiger partial charge in [-0.25, -0.2) is 9.59 Å². The van der Waals surface area contributed by atoms with Crippen molar-refractivity contribution in [2.45, 2.75) is 39.0 Å². The maximum atomic E-state index is 12.9. The molecule has 0 saturated heterocycles. The first kappa shape index (κ1) is 24.1. The number of hydrogen-bond donors (Lipinski definition) is 2. The number of likely N-dealkylation sites (N-methyl/N-ethyl adjacent to an activating group) is 1. The van der Waals surface area contributed by atoms with E-state index in [0.29, 0.717) is 0 Å². The highest BCUT2D eigenvalue weighted by molar-refractivity contribution is 6.24. The number of methoxy groups -OCH3 is 1. The van der Waals surface area contributed by atoms with E-state index in [-0.39, 0.29) is 30.2 Å². The lowest BCUT2D eigenvalue weighted by Gasteiger charge is -2.36. The fourth-order valence-electron chi connectivity index (χ4n) is 3.12. The van der Waals surface area contributed by atoms with E-state index < -0.39 is 36.0 Å². The van der Waals surface area contributed by atoms with Gasteiger partial charge in [0, 0.05) is 7.05 Å². The molecule has 1 amide bonds. The van der Waals surface area contributed by atoms with E-state index in [9.17, 15) is 14.4 Å². The fourth-order valence-corrected chi connectivity index (χ4v) is 3.12. The van der Waals surface area contributed by atoms with E-state index in [1.165, 1.54) is 14.2 Å². The summed E-state index contributed by atoms with van der Waals surface area (Å²) in [7, 11) is 2.70. The van der Waals surface area contributed by atoms with Crippen molar-refractivity contribution in [2.24, 2.45) is 0 Å². The van der Waals surface area contributed by atoms with Gasteiger partial charge in [-0.3, -0.25) is 9.69 Å². The molecule has 168 valence electrons. The lowest BCUT2D eigenvalue weighted by atomic mass is 9.93. The molecule has 1 heterocycles. The van der Waals surface area contributed by atoms with Crippen LogP contribution in [0.2, 0.25) is 0 Å². The minimum atomic E-state index is -1.24. The monoisotopic (exact) mass is 431 g/mol. The number of hydrogen-bond acceptors (Lipinski definition) is 8. The quantitative estimate of drug-likeness (QED) is 0.501. The van der Waals surface area contributed by atoms with Crippen LogP contribution in [-0.4, -0.2) is 67.4 Å². The van der Waals surface area contributed by atoms with Crippen molar-refractivity contribution in [3.05, 3.63) is 47.2 Å². The van der Waals surface area contributed by atoms with E-state index in [1.807, 2.05) is 30.3 Å². The van der Waals surface area contributed by atoms with E-state index >= 15 is 0 Å². The van der Waals surface area contributed by atoms with Crippen LogP contribution in [0.1, 0.15) is 26.3 Å². The third-order valence-electron chi connectivity index (χ3n) is 4.43. The number of ether oxygens (including phenoxy) is 3. The number of amides is 1. The Bertz CT molecular complexity index is 873. The van der Waals surface area contributed by atoms with Crippen molar-refractivity contribution >= 4 is 23.6 Å². The Hall–Kier alpha value is -3.20. The predicted octanol–water partition coefficient (Wildman–Crippen LogP) is 2.06. The van der Waals surface area contributed by atoms with Crippen LogP contribution in [0.4, 0.5) is 4.79 Å². The Morgan fingerprint density at radius 3 is 2.42 bits per heavy atom. The topological polar surface area (TPSA) is 118 Å². The summed E-state index contributed by atoms with van der Waals surface area (Å²) < 4.78 is 15.8. The van der Waals surface area contributed by atoms with Crippen LogP contribution in [-0.2, 0) is 30.4 Å². The first-order chi connectivity index (χ1) is 14.6.